The molecule has 1 aliphatic rings. The highest BCUT2D eigenvalue weighted by Crippen LogP contribution is 2.38. The van der Waals surface area contributed by atoms with Crippen molar-refractivity contribution in [2.75, 3.05) is 0 Å². The summed E-state index contributed by atoms with van der Waals surface area (Å²) in [6.07, 6.45) is 3.33. The smallest absolute Gasteiger partial charge is 0.400 e. The molecule has 0 unspecified atom stereocenters. The molecule has 1 fully saturated rings. The Morgan fingerprint density at radius 1 is 1.13 bits per heavy atom. The highest BCUT2D eigenvalue weighted by Gasteiger charge is 2.51. The van der Waals surface area contributed by atoms with Gasteiger partial charge in [-0.2, -0.15) is 0 Å². The molecule has 0 aliphatic carbocycles. The molecule has 0 amide bonds. The van der Waals surface area contributed by atoms with Crippen LogP contribution in [0.3, 0.4) is 0 Å². The highest BCUT2D eigenvalue weighted by atomic mass is 16.7. The van der Waals surface area contributed by atoms with E-state index in [9.17, 15) is 0 Å². The third-order valence-electron chi connectivity index (χ3n) is 3.44. The molecule has 0 atom stereocenters. The lowest BCUT2D eigenvalue weighted by atomic mass is 9.76. The van der Waals surface area contributed by atoms with E-state index in [0.29, 0.717) is 0 Å². The Labute approximate surface area is 94.2 Å². The summed E-state index contributed by atoms with van der Waals surface area (Å²) >= 11 is 0. The van der Waals surface area contributed by atoms with Gasteiger partial charge in [0.05, 0.1) is 11.2 Å². The zero-order chi connectivity index (χ0) is 11.7. The molecule has 1 heterocycles. The third-order valence-corrected chi connectivity index (χ3v) is 3.44. The van der Waals surface area contributed by atoms with E-state index in [4.69, 9.17) is 9.31 Å². The number of rotatable bonds is 4. The van der Waals surface area contributed by atoms with E-state index in [0.717, 1.165) is 18.3 Å². The van der Waals surface area contributed by atoms with Gasteiger partial charge in [0.1, 0.15) is 0 Å². The lowest BCUT2D eigenvalue weighted by molar-refractivity contribution is 0.00578. The molecule has 0 bridgehead atoms. The maximum Gasteiger partial charge on any atom is 0.489 e. The SMILES string of the molecule is C=C(CCCC)B1OC(C)(C)C(C)(C)O1. The maximum atomic E-state index is 5.90. The standard InChI is InChI=1S/C12H23BO2/c1-7-8-9-10(2)13-14-11(3,4)12(5,6)15-13/h2,7-9H2,1,3-6H3. The highest BCUT2D eigenvalue weighted by molar-refractivity contribution is 6.54. The average Bonchev–Trinajstić information content (AvgIpc) is 2.32. The second-order valence-corrected chi connectivity index (χ2v) is 5.35. The van der Waals surface area contributed by atoms with Gasteiger partial charge in [0.2, 0.25) is 0 Å². The fraction of sp³-hybridized carbons (Fsp3) is 0.833. The van der Waals surface area contributed by atoms with Crippen molar-refractivity contribution in [1.29, 1.82) is 0 Å². The van der Waals surface area contributed by atoms with Crippen LogP contribution in [-0.2, 0) is 9.31 Å². The molecule has 0 radical (unpaired) electrons. The van der Waals surface area contributed by atoms with Crippen molar-refractivity contribution < 1.29 is 9.31 Å². The van der Waals surface area contributed by atoms with Crippen LogP contribution in [0, 0.1) is 0 Å². The molecule has 86 valence electrons. The largest absolute Gasteiger partial charge is 0.489 e. The molecule has 0 aromatic rings. The number of allylic oxidation sites excluding steroid dienone is 1. The Morgan fingerprint density at radius 3 is 2.00 bits per heavy atom. The summed E-state index contributed by atoms with van der Waals surface area (Å²) < 4.78 is 11.8. The van der Waals surface area contributed by atoms with Crippen LogP contribution in [0.5, 0.6) is 0 Å². The van der Waals surface area contributed by atoms with Gasteiger partial charge in [0.15, 0.2) is 0 Å². The fourth-order valence-corrected chi connectivity index (χ4v) is 1.53. The molecular weight excluding hydrogens is 187 g/mol. The lowest BCUT2D eigenvalue weighted by Crippen LogP contribution is -2.41. The van der Waals surface area contributed by atoms with E-state index in [1.807, 2.05) is 0 Å². The third kappa shape index (κ3) is 2.64. The summed E-state index contributed by atoms with van der Waals surface area (Å²) in [6, 6.07) is 0. The Hall–Kier alpha value is -0.275. The second-order valence-electron chi connectivity index (χ2n) is 5.35. The molecule has 0 aromatic heterocycles. The van der Waals surface area contributed by atoms with Gasteiger partial charge in [0, 0.05) is 0 Å². The molecule has 1 aliphatic heterocycles. The molecule has 1 saturated heterocycles. The van der Waals surface area contributed by atoms with Gasteiger partial charge in [-0.05, 0) is 39.6 Å². The molecule has 1 rings (SSSR count). The van der Waals surface area contributed by atoms with E-state index in [2.05, 4.69) is 41.2 Å². The minimum atomic E-state index is -0.243. The van der Waals surface area contributed by atoms with Crippen molar-refractivity contribution in [3.8, 4) is 0 Å². The Kier molecular flexibility index (Phi) is 3.67. The Morgan fingerprint density at radius 2 is 1.60 bits per heavy atom. The van der Waals surface area contributed by atoms with Gasteiger partial charge in [-0.15, -0.1) is 6.58 Å². The molecule has 0 saturated carbocycles. The summed E-state index contributed by atoms with van der Waals surface area (Å²) in [5.41, 5.74) is 0.579. The van der Waals surface area contributed by atoms with E-state index >= 15 is 0 Å². The molecule has 15 heavy (non-hydrogen) atoms. The van der Waals surface area contributed by atoms with Crippen molar-refractivity contribution in [1.82, 2.24) is 0 Å². The number of unbranched alkanes of at least 4 members (excludes halogenated alkanes) is 1. The van der Waals surface area contributed by atoms with Crippen LogP contribution in [0.15, 0.2) is 12.1 Å². The maximum absolute atomic E-state index is 5.90. The molecule has 0 spiro atoms. The first-order valence-corrected chi connectivity index (χ1v) is 5.83. The van der Waals surface area contributed by atoms with Crippen LogP contribution < -0.4 is 0 Å². The molecule has 0 N–H and O–H groups in total. The first-order valence-electron chi connectivity index (χ1n) is 5.83. The Bertz CT molecular complexity index is 230. The van der Waals surface area contributed by atoms with Gasteiger partial charge in [-0.3, -0.25) is 0 Å². The van der Waals surface area contributed by atoms with E-state index in [1.54, 1.807) is 0 Å². The summed E-state index contributed by atoms with van der Waals surface area (Å²) in [5, 5.41) is 0. The summed E-state index contributed by atoms with van der Waals surface area (Å²) in [6.45, 7) is 14.5. The van der Waals surface area contributed by atoms with Crippen LogP contribution in [0.25, 0.3) is 0 Å². The molecular formula is C12H23BO2. The number of hydrogen-bond donors (Lipinski definition) is 0. The minimum absolute atomic E-state index is 0.221. The summed E-state index contributed by atoms with van der Waals surface area (Å²) in [5.74, 6) is 0. The van der Waals surface area contributed by atoms with Crippen molar-refractivity contribution in [2.45, 2.75) is 65.1 Å². The van der Waals surface area contributed by atoms with Crippen LogP contribution in [-0.4, -0.2) is 18.3 Å². The van der Waals surface area contributed by atoms with Gasteiger partial charge in [-0.1, -0.05) is 19.8 Å². The lowest BCUT2D eigenvalue weighted by Gasteiger charge is -2.32. The number of hydrogen-bond acceptors (Lipinski definition) is 2. The Balaban J connectivity index is 2.59. The van der Waals surface area contributed by atoms with E-state index in [1.165, 1.54) is 6.42 Å². The second kappa shape index (κ2) is 4.30. The summed E-state index contributed by atoms with van der Waals surface area (Å²) in [7, 11) is -0.221. The quantitative estimate of drug-likeness (QED) is 0.662. The predicted octanol–water partition coefficient (Wildman–Crippen LogP) is 3.36. The van der Waals surface area contributed by atoms with Gasteiger partial charge >= 0.3 is 7.12 Å². The summed E-state index contributed by atoms with van der Waals surface area (Å²) in [4.78, 5) is 0. The van der Waals surface area contributed by atoms with E-state index in [-0.39, 0.29) is 18.3 Å². The van der Waals surface area contributed by atoms with Crippen molar-refractivity contribution in [3.63, 3.8) is 0 Å². The normalized spacial score (nSPS) is 23.1. The van der Waals surface area contributed by atoms with Gasteiger partial charge < -0.3 is 9.31 Å². The monoisotopic (exact) mass is 210 g/mol. The van der Waals surface area contributed by atoms with Crippen LogP contribution in [0.1, 0.15) is 53.9 Å². The van der Waals surface area contributed by atoms with Gasteiger partial charge in [0.25, 0.3) is 0 Å². The van der Waals surface area contributed by atoms with Gasteiger partial charge in [-0.25, -0.2) is 0 Å². The first-order chi connectivity index (χ1) is 6.80. The van der Waals surface area contributed by atoms with Crippen LogP contribution in [0.2, 0.25) is 0 Å². The average molecular weight is 210 g/mol. The zero-order valence-corrected chi connectivity index (χ0v) is 10.7. The zero-order valence-electron chi connectivity index (χ0n) is 10.7. The van der Waals surface area contributed by atoms with Crippen molar-refractivity contribution in [3.05, 3.63) is 12.1 Å². The predicted molar refractivity (Wildman–Crippen MR) is 64.7 cm³/mol. The van der Waals surface area contributed by atoms with Crippen molar-refractivity contribution in [2.24, 2.45) is 0 Å². The molecule has 2 nitrogen and oxygen atoms in total. The first kappa shape index (κ1) is 12.8. The topological polar surface area (TPSA) is 18.5 Å². The van der Waals surface area contributed by atoms with Crippen molar-refractivity contribution >= 4 is 7.12 Å². The van der Waals surface area contributed by atoms with E-state index < -0.39 is 0 Å². The molecule has 3 heteroatoms. The van der Waals surface area contributed by atoms with Crippen LogP contribution in [0.4, 0.5) is 0 Å². The van der Waals surface area contributed by atoms with Crippen LogP contribution >= 0.6 is 0 Å². The molecule has 0 aromatic carbocycles. The fourth-order valence-electron chi connectivity index (χ4n) is 1.53. The minimum Gasteiger partial charge on any atom is -0.400 e.